The first kappa shape index (κ1) is 13.5. The third-order valence-electron chi connectivity index (χ3n) is 3.63. The molecule has 0 aromatic heterocycles. The molecule has 0 aliphatic heterocycles. The van der Waals surface area contributed by atoms with Crippen molar-refractivity contribution in [1.82, 2.24) is 4.90 Å². The van der Waals surface area contributed by atoms with Crippen molar-refractivity contribution in [2.75, 3.05) is 20.1 Å². The lowest BCUT2D eigenvalue weighted by atomic mass is 10.1. The van der Waals surface area contributed by atoms with Crippen LogP contribution in [0.3, 0.4) is 0 Å². The smallest absolute Gasteiger partial charge is 0.222 e. The molecule has 1 saturated carbocycles. The van der Waals surface area contributed by atoms with Gasteiger partial charge >= 0.3 is 0 Å². The van der Waals surface area contributed by atoms with Crippen LogP contribution in [0.1, 0.15) is 51.9 Å². The molecule has 0 spiro atoms. The van der Waals surface area contributed by atoms with Crippen molar-refractivity contribution in [3.8, 4) is 0 Å². The number of unbranched alkanes of at least 4 members (excludes halogenated alkanes) is 3. The molecule has 0 saturated heterocycles. The minimum absolute atomic E-state index is 0.272. The quantitative estimate of drug-likeness (QED) is 0.645. The summed E-state index contributed by atoms with van der Waals surface area (Å²) < 4.78 is 0. The second kappa shape index (κ2) is 6.24. The van der Waals surface area contributed by atoms with E-state index in [1.807, 2.05) is 11.9 Å². The third kappa shape index (κ3) is 4.12. The summed E-state index contributed by atoms with van der Waals surface area (Å²) in [5.41, 5.74) is 5.99. The van der Waals surface area contributed by atoms with E-state index in [2.05, 4.69) is 6.92 Å². The Morgan fingerprint density at radius 1 is 1.31 bits per heavy atom. The summed E-state index contributed by atoms with van der Waals surface area (Å²) in [7, 11) is 1.91. The van der Waals surface area contributed by atoms with Gasteiger partial charge in [0.1, 0.15) is 0 Å². The molecule has 3 heteroatoms. The maximum Gasteiger partial charge on any atom is 0.222 e. The summed E-state index contributed by atoms with van der Waals surface area (Å²) in [5, 5.41) is 0. The monoisotopic (exact) mass is 226 g/mol. The molecular weight excluding hydrogens is 200 g/mol. The Bertz CT molecular complexity index is 224. The van der Waals surface area contributed by atoms with Crippen molar-refractivity contribution >= 4 is 5.91 Å². The summed E-state index contributed by atoms with van der Waals surface area (Å²) in [5.74, 6) is 0.288. The van der Waals surface area contributed by atoms with Gasteiger partial charge in [0, 0.05) is 25.4 Å². The fraction of sp³-hybridized carbons (Fsp3) is 0.923. The van der Waals surface area contributed by atoms with Crippen LogP contribution in [0.4, 0.5) is 0 Å². The molecular formula is C13H26N2O. The Morgan fingerprint density at radius 2 is 2.00 bits per heavy atom. The van der Waals surface area contributed by atoms with Crippen LogP contribution in [0, 0.1) is 5.41 Å². The highest BCUT2D eigenvalue weighted by molar-refractivity contribution is 5.75. The maximum absolute atomic E-state index is 11.8. The zero-order valence-electron chi connectivity index (χ0n) is 10.8. The summed E-state index contributed by atoms with van der Waals surface area (Å²) in [6.07, 6.45) is 7.76. The summed E-state index contributed by atoms with van der Waals surface area (Å²) >= 11 is 0. The zero-order chi connectivity index (χ0) is 12.0. The van der Waals surface area contributed by atoms with Gasteiger partial charge in [-0.15, -0.1) is 0 Å². The first-order valence-corrected chi connectivity index (χ1v) is 6.57. The third-order valence-corrected chi connectivity index (χ3v) is 3.63. The zero-order valence-corrected chi connectivity index (χ0v) is 10.8. The maximum atomic E-state index is 11.8. The number of carbonyl (C=O) groups excluding carboxylic acids is 1. The molecule has 0 radical (unpaired) electrons. The lowest BCUT2D eigenvalue weighted by Gasteiger charge is -2.22. The highest BCUT2D eigenvalue weighted by Crippen LogP contribution is 2.44. The molecule has 1 fully saturated rings. The Balaban J connectivity index is 2.15. The van der Waals surface area contributed by atoms with Crippen LogP contribution in [0.25, 0.3) is 0 Å². The number of amides is 1. The molecule has 2 N–H and O–H groups in total. The molecule has 16 heavy (non-hydrogen) atoms. The average molecular weight is 226 g/mol. The molecule has 0 heterocycles. The molecule has 0 atom stereocenters. The van der Waals surface area contributed by atoms with Gasteiger partial charge in [-0.25, -0.2) is 0 Å². The van der Waals surface area contributed by atoms with Crippen molar-refractivity contribution in [2.45, 2.75) is 51.9 Å². The van der Waals surface area contributed by atoms with E-state index in [4.69, 9.17) is 5.73 Å². The van der Waals surface area contributed by atoms with E-state index >= 15 is 0 Å². The molecule has 0 aromatic rings. The number of hydrogen-bond donors (Lipinski definition) is 1. The largest absolute Gasteiger partial charge is 0.345 e. The number of nitrogens with two attached hydrogens (primary N) is 1. The van der Waals surface area contributed by atoms with Gasteiger partial charge in [-0.2, -0.15) is 0 Å². The van der Waals surface area contributed by atoms with Gasteiger partial charge < -0.3 is 10.6 Å². The van der Waals surface area contributed by atoms with Crippen molar-refractivity contribution in [3.63, 3.8) is 0 Å². The second-order valence-corrected chi connectivity index (χ2v) is 5.26. The minimum Gasteiger partial charge on any atom is -0.345 e. The van der Waals surface area contributed by atoms with Crippen LogP contribution >= 0.6 is 0 Å². The molecule has 1 rings (SSSR count). The van der Waals surface area contributed by atoms with Crippen molar-refractivity contribution < 1.29 is 4.79 Å². The lowest BCUT2D eigenvalue weighted by Crippen LogP contribution is -2.35. The van der Waals surface area contributed by atoms with E-state index in [1.165, 1.54) is 32.1 Å². The average Bonchev–Trinajstić information content (AvgIpc) is 3.04. The number of nitrogens with zero attached hydrogens (tertiary/aromatic N) is 1. The van der Waals surface area contributed by atoms with Crippen molar-refractivity contribution in [1.29, 1.82) is 0 Å². The summed E-state index contributed by atoms with van der Waals surface area (Å²) in [6, 6.07) is 0. The van der Waals surface area contributed by atoms with Gasteiger partial charge in [0.05, 0.1) is 0 Å². The predicted molar refractivity (Wildman–Crippen MR) is 67.1 cm³/mol. The van der Waals surface area contributed by atoms with Gasteiger partial charge in [-0.3, -0.25) is 4.79 Å². The van der Waals surface area contributed by atoms with Crippen LogP contribution < -0.4 is 5.73 Å². The van der Waals surface area contributed by atoms with E-state index in [0.29, 0.717) is 6.42 Å². The van der Waals surface area contributed by atoms with Gasteiger partial charge in [0.2, 0.25) is 5.91 Å². The van der Waals surface area contributed by atoms with Gasteiger partial charge in [-0.05, 0) is 25.8 Å². The number of carbonyl (C=O) groups is 1. The first-order chi connectivity index (χ1) is 7.63. The topological polar surface area (TPSA) is 46.3 Å². The predicted octanol–water partition coefficient (Wildman–Crippen LogP) is 2.15. The molecule has 0 bridgehead atoms. The molecule has 0 unspecified atom stereocenters. The normalized spacial score (nSPS) is 17.2. The number of hydrogen-bond acceptors (Lipinski definition) is 2. The highest BCUT2D eigenvalue weighted by Gasteiger charge is 2.42. The van der Waals surface area contributed by atoms with E-state index in [-0.39, 0.29) is 11.3 Å². The van der Waals surface area contributed by atoms with Crippen molar-refractivity contribution in [2.24, 2.45) is 11.1 Å². The highest BCUT2D eigenvalue weighted by atomic mass is 16.2. The van der Waals surface area contributed by atoms with E-state index in [1.54, 1.807) is 0 Å². The molecule has 94 valence electrons. The Morgan fingerprint density at radius 3 is 2.50 bits per heavy atom. The van der Waals surface area contributed by atoms with Gasteiger partial charge in [0.15, 0.2) is 0 Å². The lowest BCUT2D eigenvalue weighted by molar-refractivity contribution is -0.130. The first-order valence-electron chi connectivity index (χ1n) is 6.57. The Hall–Kier alpha value is -0.570. The SMILES string of the molecule is CCCCCCC(=O)N(C)CC1(CN)CC1. The van der Waals surface area contributed by atoms with Crippen molar-refractivity contribution in [3.05, 3.63) is 0 Å². The Labute approximate surface area is 99.4 Å². The van der Waals surface area contributed by atoms with E-state index in [9.17, 15) is 4.79 Å². The molecule has 0 aromatic carbocycles. The molecule has 1 aliphatic rings. The Kier molecular flexibility index (Phi) is 5.26. The summed E-state index contributed by atoms with van der Waals surface area (Å²) in [4.78, 5) is 13.7. The van der Waals surface area contributed by atoms with Crippen LogP contribution in [0.2, 0.25) is 0 Å². The standard InChI is InChI=1S/C13H26N2O/c1-3-4-5-6-7-12(16)15(2)11-13(10-14)8-9-13/h3-11,14H2,1-2H3. The van der Waals surface area contributed by atoms with Gasteiger partial charge in [0.25, 0.3) is 0 Å². The molecule has 1 amide bonds. The molecule has 3 nitrogen and oxygen atoms in total. The van der Waals surface area contributed by atoms with Gasteiger partial charge in [-0.1, -0.05) is 26.2 Å². The van der Waals surface area contributed by atoms with E-state index < -0.39 is 0 Å². The van der Waals surface area contributed by atoms with Crippen LogP contribution in [0.5, 0.6) is 0 Å². The van der Waals surface area contributed by atoms with E-state index in [0.717, 1.165) is 19.5 Å². The fourth-order valence-electron chi connectivity index (χ4n) is 2.09. The minimum atomic E-state index is 0.272. The van der Waals surface area contributed by atoms with Crippen LogP contribution in [-0.4, -0.2) is 30.9 Å². The van der Waals surface area contributed by atoms with Crippen LogP contribution in [-0.2, 0) is 4.79 Å². The number of rotatable bonds is 8. The summed E-state index contributed by atoms with van der Waals surface area (Å²) in [6.45, 7) is 3.77. The fourth-order valence-corrected chi connectivity index (χ4v) is 2.09. The molecule has 1 aliphatic carbocycles. The second-order valence-electron chi connectivity index (χ2n) is 5.26. The van der Waals surface area contributed by atoms with Crippen LogP contribution in [0.15, 0.2) is 0 Å².